The Hall–Kier alpha value is -3.90. The average Bonchev–Trinajstić information content (AvgIpc) is 2.83. The molecule has 0 atom stereocenters. The van der Waals surface area contributed by atoms with E-state index < -0.39 is 0 Å². The molecule has 0 aromatic heterocycles. The first-order valence-corrected chi connectivity index (χ1v) is 10.4. The van der Waals surface area contributed by atoms with Crippen molar-refractivity contribution in [3.05, 3.63) is 121 Å². The highest BCUT2D eigenvalue weighted by Gasteiger charge is 2.11. The van der Waals surface area contributed by atoms with E-state index in [2.05, 4.69) is 121 Å². The van der Waals surface area contributed by atoms with E-state index in [4.69, 9.17) is 0 Å². The van der Waals surface area contributed by atoms with Gasteiger partial charge in [-0.05, 0) is 60.6 Å². The van der Waals surface area contributed by atoms with Gasteiger partial charge in [0, 0.05) is 0 Å². The van der Waals surface area contributed by atoms with Crippen LogP contribution in [0.5, 0.6) is 0 Å². The first kappa shape index (κ1) is 17.0. The van der Waals surface area contributed by atoms with Gasteiger partial charge in [-0.3, -0.25) is 0 Å². The van der Waals surface area contributed by atoms with Crippen molar-refractivity contribution in [2.24, 2.45) is 0 Å². The number of benzene rings is 6. The molecule has 0 radical (unpaired) electrons. The van der Waals surface area contributed by atoms with Crippen LogP contribution in [0.3, 0.4) is 0 Å². The van der Waals surface area contributed by atoms with Crippen molar-refractivity contribution in [1.82, 2.24) is 0 Å². The summed E-state index contributed by atoms with van der Waals surface area (Å²) in [6.07, 6.45) is 0. The van der Waals surface area contributed by atoms with Crippen LogP contribution in [-0.2, 0) is 0 Å². The monoisotopic (exact) mass is 380 g/mol. The zero-order chi connectivity index (χ0) is 19.9. The van der Waals surface area contributed by atoms with Gasteiger partial charge in [0.1, 0.15) is 0 Å². The predicted molar refractivity (Wildman–Crippen MR) is 130 cm³/mol. The number of fused-ring (bicyclic) bond motifs is 3. The van der Waals surface area contributed by atoms with Crippen LogP contribution < -0.4 is 0 Å². The second-order valence-electron chi connectivity index (χ2n) is 7.79. The van der Waals surface area contributed by atoms with E-state index in [0.717, 1.165) is 0 Å². The lowest BCUT2D eigenvalue weighted by atomic mass is 9.89. The lowest BCUT2D eigenvalue weighted by molar-refractivity contribution is 1.65. The second kappa shape index (κ2) is 6.86. The third-order valence-corrected chi connectivity index (χ3v) is 6.06. The van der Waals surface area contributed by atoms with Crippen LogP contribution in [0.25, 0.3) is 54.6 Å². The normalized spacial score (nSPS) is 11.3. The van der Waals surface area contributed by atoms with Crippen molar-refractivity contribution < 1.29 is 0 Å². The third kappa shape index (κ3) is 2.69. The molecule has 0 unspecified atom stereocenters. The first-order valence-electron chi connectivity index (χ1n) is 10.4. The minimum absolute atomic E-state index is 1.26. The predicted octanol–water partition coefficient (Wildman–Crippen LogP) is 8.48. The van der Waals surface area contributed by atoms with Gasteiger partial charge < -0.3 is 0 Å². The molecule has 0 nitrogen and oxygen atoms in total. The van der Waals surface area contributed by atoms with Gasteiger partial charge in [-0.25, -0.2) is 0 Å². The molecule has 0 saturated carbocycles. The molecule has 0 N–H and O–H groups in total. The minimum Gasteiger partial charge on any atom is -0.0616 e. The maximum Gasteiger partial charge on any atom is -0.00987 e. The fourth-order valence-corrected chi connectivity index (χ4v) is 4.60. The van der Waals surface area contributed by atoms with E-state index >= 15 is 0 Å². The van der Waals surface area contributed by atoms with Crippen LogP contribution >= 0.6 is 0 Å². The summed E-state index contributed by atoms with van der Waals surface area (Å²) in [6.45, 7) is 0. The molecule has 0 fully saturated rings. The fourth-order valence-electron chi connectivity index (χ4n) is 4.60. The molecule has 6 rings (SSSR count). The van der Waals surface area contributed by atoms with Gasteiger partial charge in [0.2, 0.25) is 0 Å². The van der Waals surface area contributed by atoms with Gasteiger partial charge in [0.05, 0.1) is 0 Å². The van der Waals surface area contributed by atoms with Crippen molar-refractivity contribution in [2.75, 3.05) is 0 Å². The molecule has 6 aromatic rings. The van der Waals surface area contributed by atoms with Crippen LogP contribution in [0, 0.1) is 0 Å². The fraction of sp³-hybridized carbons (Fsp3) is 0. The summed E-state index contributed by atoms with van der Waals surface area (Å²) in [4.78, 5) is 0. The van der Waals surface area contributed by atoms with Crippen molar-refractivity contribution in [3.8, 4) is 22.3 Å². The van der Waals surface area contributed by atoms with Crippen molar-refractivity contribution in [3.63, 3.8) is 0 Å². The first-order chi connectivity index (χ1) is 14.9. The molecule has 0 heteroatoms. The molecule has 6 aromatic carbocycles. The lowest BCUT2D eigenvalue weighted by Gasteiger charge is -2.14. The maximum absolute atomic E-state index is 2.30. The number of rotatable bonds is 2. The van der Waals surface area contributed by atoms with E-state index in [-0.39, 0.29) is 0 Å². The summed E-state index contributed by atoms with van der Waals surface area (Å²) in [5.41, 5.74) is 5.11. The molecule has 0 bridgehead atoms. The molecule has 0 spiro atoms. The second-order valence-corrected chi connectivity index (χ2v) is 7.79. The van der Waals surface area contributed by atoms with Gasteiger partial charge in [-0.2, -0.15) is 0 Å². The Kier molecular flexibility index (Phi) is 3.89. The average molecular weight is 380 g/mol. The van der Waals surface area contributed by atoms with E-state index in [9.17, 15) is 0 Å². The molecule has 0 aliphatic rings. The largest absolute Gasteiger partial charge is 0.0616 e. The maximum atomic E-state index is 2.30. The van der Waals surface area contributed by atoms with Crippen LogP contribution in [0.1, 0.15) is 0 Å². The summed E-state index contributed by atoms with van der Waals surface area (Å²) >= 11 is 0. The number of hydrogen-bond donors (Lipinski definition) is 0. The van der Waals surface area contributed by atoms with Gasteiger partial charge >= 0.3 is 0 Å². The highest BCUT2D eigenvalue weighted by Crippen LogP contribution is 2.38. The van der Waals surface area contributed by atoms with E-state index in [1.165, 1.54) is 54.6 Å². The smallest absolute Gasteiger partial charge is 0.00987 e. The van der Waals surface area contributed by atoms with E-state index in [1.54, 1.807) is 0 Å². The van der Waals surface area contributed by atoms with Crippen LogP contribution in [0.4, 0.5) is 0 Å². The number of hydrogen-bond acceptors (Lipinski definition) is 0. The summed E-state index contributed by atoms with van der Waals surface area (Å²) in [6, 6.07) is 43.9. The highest BCUT2D eigenvalue weighted by molar-refractivity contribution is 6.10. The van der Waals surface area contributed by atoms with Crippen molar-refractivity contribution >= 4 is 32.3 Å². The van der Waals surface area contributed by atoms with Crippen molar-refractivity contribution in [2.45, 2.75) is 0 Å². The zero-order valence-corrected chi connectivity index (χ0v) is 16.5. The molecule has 0 aliphatic heterocycles. The molecular weight excluding hydrogens is 360 g/mol. The van der Waals surface area contributed by atoms with Gasteiger partial charge in [-0.15, -0.1) is 0 Å². The summed E-state index contributed by atoms with van der Waals surface area (Å²) in [5.74, 6) is 0. The zero-order valence-electron chi connectivity index (χ0n) is 16.5. The Morgan fingerprint density at radius 2 is 0.867 bits per heavy atom. The minimum atomic E-state index is 1.26. The van der Waals surface area contributed by atoms with Crippen LogP contribution in [0.2, 0.25) is 0 Å². The van der Waals surface area contributed by atoms with Gasteiger partial charge in [0.25, 0.3) is 0 Å². The standard InChI is InChI=1S/C30H20/c1-2-10-23-20-24(17-16-21(23)8-1)26-18-19-30(29-14-6-5-13-27(26)29)28-15-7-11-22-9-3-4-12-25(22)28/h1-20H. The lowest BCUT2D eigenvalue weighted by Crippen LogP contribution is -1.87. The van der Waals surface area contributed by atoms with Gasteiger partial charge in [0.15, 0.2) is 0 Å². The van der Waals surface area contributed by atoms with E-state index in [1.807, 2.05) is 0 Å². The Labute approximate surface area is 176 Å². The van der Waals surface area contributed by atoms with Crippen LogP contribution in [0.15, 0.2) is 121 Å². The van der Waals surface area contributed by atoms with Crippen LogP contribution in [-0.4, -0.2) is 0 Å². The summed E-state index contributed by atoms with van der Waals surface area (Å²) in [5, 5.41) is 7.70. The Morgan fingerprint density at radius 1 is 0.300 bits per heavy atom. The molecule has 0 saturated heterocycles. The molecule has 140 valence electrons. The molecule has 30 heavy (non-hydrogen) atoms. The van der Waals surface area contributed by atoms with E-state index in [0.29, 0.717) is 0 Å². The Bertz CT molecular complexity index is 1530. The molecule has 0 heterocycles. The van der Waals surface area contributed by atoms with Gasteiger partial charge in [-0.1, -0.05) is 115 Å². The molecular formula is C30H20. The Balaban J connectivity index is 1.62. The Morgan fingerprint density at radius 3 is 1.70 bits per heavy atom. The SMILES string of the molecule is c1ccc2cc(-c3ccc(-c4cccc5ccccc45)c4ccccc34)ccc2c1. The topological polar surface area (TPSA) is 0 Å². The summed E-state index contributed by atoms with van der Waals surface area (Å²) in [7, 11) is 0. The van der Waals surface area contributed by atoms with Crippen molar-refractivity contribution in [1.29, 1.82) is 0 Å². The highest BCUT2D eigenvalue weighted by atomic mass is 14.1. The molecule has 0 aliphatic carbocycles. The molecule has 0 amide bonds. The summed E-state index contributed by atoms with van der Waals surface area (Å²) < 4.78 is 0. The third-order valence-electron chi connectivity index (χ3n) is 6.06. The quantitative estimate of drug-likeness (QED) is 0.282.